The molecule has 0 saturated heterocycles. The van der Waals surface area contributed by atoms with Crippen LogP contribution in [-0.2, 0) is 23.9 Å². The lowest BCUT2D eigenvalue weighted by Gasteiger charge is -2.31. The summed E-state index contributed by atoms with van der Waals surface area (Å²) in [6.07, 6.45) is -0.995. The standard InChI is InChI=1S/C23H35N3O8/c1-7-33-17(28)11-12-24-20(30)18(15-10-8-9-14(2)19(15)29)26(6)21(31)16(13-27)25-22(32)34-23(3,4)5/h8-10,16,18,27,29H,7,11-13H2,1-6H3,(H,24,30)(H,25,32). The highest BCUT2D eigenvalue weighted by Crippen LogP contribution is 2.31. The summed E-state index contributed by atoms with van der Waals surface area (Å²) >= 11 is 0. The van der Waals surface area contributed by atoms with Crippen molar-refractivity contribution < 1.29 is 38.9 Å². The predicted molar refractivity (Wildman–Crippen MR) is 123 cm³/mol. The number of nitrogens with zero attached hydrogens (tertiary/aromatic N) is 1. The van der Waals surface area contributed by atoms with Crippen LogP contribution in [0.3, 0.4) is 0 Å². The number of ether oxygens (including phenoxy) is 2. The minimum Gasteiger partial charge on any atom is -0.507 e. The Hall–Kier alpha value is -3.34. The van der Waals surface area contributed by atoms with Crippen molar-refractivity contribution in [3.8, 4) is 5.75 Å². The van der Waals surface area contributed by atoms with Gasteiger partial charge < -0.3 is 35.2 Å². The number of rotatable bonds is 10. The van der Waals surface area contributed by atoms with E-state index in [1.807, 2.05) is 0 Å². The molecule has 2 unspecified atom stereocenters. The number of aliphatic hydroxyl groups excluding tert-OH is 1. The van der Waals surface area contributed by atoms with Crippen LogP contribution in [0.15, 0.2) is 18.2 Å². The van der Waals surface area contributed by atoms with E-state index in [2.05, 4.69) is 10.6 Å². The van der Waals surface area contributed by atoms with Gasteiger partial charge in [0.25, 0.3) is 0 Å². The van der Waals surface area contributed by atoms with Crippen LogP contribution in [0.1, 0.15) is 51.3 Å². The number of alkyl carbamates (subject to hydrolysis) is 1. The summed E-state index contributed by atoms with van der Waals surface area (Å²) in [6.45, 7) is 7.63. The monoisotopic (exact) mass is 481 g/mol. The van der Waals surface area contributed by atoms with Crippen LogP contribution < -0.4 is 10.6 Å². The summed E-state index contributed by atoms with van der Waals surface area (Å²) in [4.78, 5) is 50.9. The number of carbonyl (C=O) groups is 4. The van der Waals surface area contributed by atoms with Crippen molar-refractivity contribution in [1.29, 1.82) is 0 Å². The number of likely N-dealkylation sites (N-methyl/N-ethyl adjacent to an activating group) is 1. The third-order valence-corrected chi connectivity index (χ3v) is 4.65. The Morgan fingerprint density at radius 1 is 1.18 bits per heavy atom. The number of nitrogens with one attached hydrogen (secondary N) is 2. The first-order valence-electron chi connectivity index (χ1n) is 10.9. The molecule has 3 amide bonds. The van der Waals surface area contributed by atoms with E-state index >= 15 is 0 Å². The van der Waals surface area contributed by atoms with Gasteiger partial charge in [-0.25, -0.2) is 4.79 Å². The van der Waals surface area contributed by atoms with E-state index in [4.69, 9.17) is 9.47 Å². The second-order valence-electron chi connectivity index (χ2n) is 8.59. The number of phenols is 1. The van der Waals surface area contributed by atoms with Crippen LogP contribution in [-0.4, -0.2) is 77.4 Å². The molecular formula is C23H35N3O8. The highest BCUT2D eigenvalue weighted by atomic mass is 16.6. The van der Waals surface area contributed by atoms with Crippen LogP contribution in [0.4, 0.5) is 4.79 Å². The van der Waals surface area contributed by atoms with Crippen molar-refractivity contribution in [1.82, 2.24) is 15.5 Å². The fraction of sp³-hybridized carbons (Fsp3) is 0.565. The fourth-order valence-electron chi connectivity index (χ4n) is 3.05. The predicted octanol–water partition coefficient (Wildman–Crippen LogP) is 1.16. The number of para-hydroxylation sites is 1. The maximum atomic E-state index is 13.1. The van der Waals surface area contributed by atoms with E-state index < -0.39 is 48.2 Å². The van der Waals surface area contributed by atoms with E-state index in [-0.39, 0.29) is 30.9 Å². The van der Waals surface area contributed by atoms with Gasteiger partial charge in [0.2, 0.25) is 11.8 Å². The first kappa shape index (κ1) is 28.7. The topological polar surface area (TPSA) is 154 Å². The third-order valence-electron chi connectivity index (χ3n) is 4.65. The Kier molecular flexibility index (Phi) is 10.8. The zero-order valence-electron chi connectivity index (χ0n) is 20.5. The minimum atomic E-state index is -1.40. The maximum absolute atomic E-state index is 13.1. The number of benzene rings is 1. The number of hydrogen-bond donors (Lipinski definition) is 4. The molecule has 0 heterocycles. The van der Waals surface area contributed by atoms with Gasteiger partial charge in [-0.15, -0.1) is 0 Å². The molecule has 0 aromatic heterocycles. The minimum absolute atomic E-state index is 0.0532. The molecule has 1 aromatic carbocycles. The average Bonchev–Trinajstić information content (AvgIpc) is 2.73. The number of phenolic OH excluding ortho intramolecular Hbond substituents is 1. The molecule has 0 aliphatic rings. The van der Waals surface area contributed by atoms with Crippen LogP contribution >= 0.6 is 0 Å². The van der Waals surface area contributed by atoms with Crippen LogP contribution in [0.2, 0.25) is 0 Å². The number of aliphatic hydroxyl groups is 1. The Morgan fingerprint density at radius 2 is 1.82 bits per heavy atom. The van der Waals surface area contributed by atoms with Crippen molar-refractivity contribution in [2.24, 2.45) is 0 Å². The molecule has 1 rings (SSSR count). The van der Waals surface area contributed by atoms with E-state index in [0.717, 1.165) is 4.90 Å². The number of amides is 3. The Balaban J connectivity index is 3.15. The molecule has 0 aliphatic heterocycles. The lowest BCUT2D eigenvalue weighted by atomic mass is 10.00. The van der Waals surface area contributed by atoms with Crippen molar-refractivity contribution in [2.45, 2.75) is 58.7 Å². The molecule has 34 heavy (non-hydrogen) atoms. The highest BCUT2D eigenvalue weighted by molar-refractivity contribution is 5.92. The smallest absolute Gasteiger partial charge is 0.408 e. The highest BCUT2D eigenvalue weighted by Gasteiger charge is 2.35. The summed E-state index contributed by atoms with van der Waals surface area (Å²) < 4.78 is 9.96. The van der Waals surface area contributed by atoms with E-state index in [1.54, 1.807) is 46.8 Å². The molecule has 0 radical (unpaired) electrons. The summed E-state index contributed by atoms with van der Waals surface area (Å²) in [5.74, 6) is -2.15. The van der Waals surface area contributed by atoms with Gasteiger partial charge in [0.15, 0.2) is 0 Å². The number of hydrogen-bond acceptors (Lipinski definition) is 8. The first-order valence-corrected chi connectivity index (χ1v) is 10.9. The van der Waals surface area contributed by atoms with Crippen LogP contribution in [0.5, 0.6) is 5.75 Å². The lowest BCUT2D eigenvalue weighted by Crippen LogP contribution is -2.53. The average molecular weight is 482 g/mol. The number of aryl methyl sites for hydroxylation is 1. The van der Waals surface area contributed by atoms with E-state index in [0.29, 0.717) is 5.56 Å². The van der Waals surface area contributed by atoms with Crippen LogP contribution in [0.25, 0.3) is 0 Å². The maximum Gasteiger partial charge on any atom is 0.408 e. The Bertz CT molecular complexity index is 881. The number of esters is 1. The first-order chi connectivity index (χ1) is 15.8. The zero-order chi connectivity index (χ0) is 26.1. The molecule has 11 heteroatoms. The van der Waals surface area contributed by atoms with Gasteiger partial charge in [0.1, 0.15) is 23.4 Å². The van der Waals surface area contributed by atoms with Gasteiger partial charge >= 0.3 is 12.1 Å². The fourth-order valence-corrected chi connectivity index (χ4v) is 3.05. The Labute approximate surface area is 199 Å². The van der Waals surface area contributed by atoms with Crippen molar-refractivity contribution in [3.05, 3.63) is 29.3 Å². The Morgan fingerprint density at radius 3 is 2.38 bits per heavy atom. The summed E-state index contributed by atoms with van der Waals surface area (Å²) in [5.41, 5.74) is -0.208. The van der Waals surface area contributed by atoms with Gasteiger partial charge in [0.05, 0.1) is 19.6 Å². The molecular weight excluding hydrogens is 446 g/mol. The summed E-state index contributed by atoms with van der Waals surface area (Å²) in [7, 11) is 1.30. The SMILES string of the molecule is CCOC(=O)CCNC(=O)C(c1cccc(C)c1O)N(C)C(=O)C(CO)NC(=O)OC(C)(C)C. The van der Waals surface area contributed by atoms with Crippen molar-refractivity contribution in [2.75, 3.05) is 26.8 Å². The summed E-state index contributed by atoms with van der Waals surface area (Å²) in [5, 5.41) is 25.1. The molecule has 4 N–H and O–H groups in total. The van der Waals surface area contributed by atoms with Gasteiger partial charge in [-0.3, -0.25) is 14.4 Å². The number of carbonyl (C=O) groups excluding carboxylic acids is 4. The molecule has 2 atom stereocenters. The van der Waals surface area contributed by atoms with E-state index in [1.165, 1.54) is 13.1 Å². The largest absolute Gasteiger partial charge is 0.507 e. The van der Waals surface area contributed by atoms with Crippen molar-refractivity contribution in [3.63, 3.8) is 0 Å². The lowest BCUT2D eigenvalue weighted by molar-refractivity contribution is -0.144. The molecule has 0 aliphatic carbocycles. The quantitative estimate of drug-likeness (QED) is 0.363. The summed E-state index contributed by atoms with van der Waals surface area (Å²) in [6, 6.07) is 2.02. The normalized spacial score (nSPS) is 12.8. The molecule has 1 aromatic rings. The zero-order valence-corrected chi connectivity index (χ0v) is 20.5. The van der Waals surface area contributed by atoms with Gasteiger partial charge in [-0.2, -0.15) is 0 Å². The molecule has 11 nitrogen and oxygen atoms in total. The van der Waals surface area contributed by atoms with Gasteiger partial charge in [-0.1, -0.05) is 18.2 Å². The van der Waals surface area contributed by atoms with Crippen molar-refractivity contribution >= 4 is 23.9 Å². The second kappa shape index (κ2) is 12.8. The van der Waals surface area contributed by atoms with Gasteiger partial charge in [-0.05, 0) is 40.2 Å². The molecule has 0 fully saturated rings. The molecule has 0 bridgehead atoms. The third kappa shape index (κ3) is 8.54. The molecule has 0 spiro atoms. The molecule has 190 valence electrons. The number of aromatic hydroxyl groups is 1. The second-order valence-corrected chi connectivity index (χ2v) is 8.59. The van der Waals surface area contributed by atoms with Crippen LogP contribution in [0, 0.1) is 6.92 Å². The van der Waals surface area contributed by atoms with E-state index in [9.17, 15) is 29.4 Å². The van der Waals surface area contributed by atoms with Gasteiger partial charge in [0, 0.05) is 19.2 Å². The molecule has 0 saturated carbocycles.